The van der Waals surface area contributed by atoms with Crippen molar-refractivity contribution in [3.05, 3.63) is 0 Å². The third kappa shape index (κ3) is 2.03. The Balaban J connectivity index is 1.93. The summed E-state index contributed by atoms with van der Waals surface area (Å²) in [6.07, 6.45) is 5.07. The second-order valence-corrected chi connectivity index (χ2v) is 4.95. The van der Waals surface area contributed by atoms with Gasteiger partial charge in [-0.05, 0) is 12.8 Å². The highest BCUT2D eigenvalue weighted by atomic mass is 32.2. The van der Waals surface area contributed by atoms with Gasteiger partial charge in [-0.25, -0.2) is 0 Å². The first-order chi connectivity index (χ1) is 6.70. The van der Waals surface area contributed by atoms with Gasteiger partial charge in [0.05, 0.1) is 0 Å². The zero-order valence-electron chi connectivity index (χ0n) is 8.08. The first kappa shape index (κ1) is 9.83. The molecule has 1 aliphatic carbocycles. The Morgan fingerprint density at radius 1 is 1.57 bits per heavy atom. The number of carbonyl (C=O) groups excluding carboxylic acids is 1. The number of carbonyl (C=O) groups is 1. The summed E-state index contributed by atoms with van der Waals surface area (Å²) in [5.74, 6) is 0.720. The molecule has 1 saturated carbocycles. The minimum absolute atomic E-state index is 0.103. The van der Waals surface area contributed by atoms with E-state index < -0.39 is 0 Å². The third-order valence-electron chi connectivity index (χ3n) is 2.80. The molecule has 1 saturated heterocycles. The van der Waals surface area contributed by atoms with E-state index in [1.807, 2.05) is 0 Å². The molecule has 0 unspecified atom stereocenters. The number of nitrogens with two attached hydrogens (primary N) is 1. The van der Waals surface area contributed by atoms with Gasteiger partial charge in [-0.1, -0.05) is 24.6 Å². The summed E-state index contributed by atoms with van der Waals surface area (Å²) in [5.41, 5.74) is 5.31. The van der Waals surface area contributed by atoms with Gasteiger partial charge in [0.1, 0.15) is 6.54 Å². The van der Waals surface area contributed by atoms with Crippen LogP contribution in [-0.2, 0) is 4.79 Å². The molecule has 0 atom stereocenters. The van der Waals surface area contributed by atoms with Gasteiger partial charge in [-0.15, -0.1) is 0 Å². The molecule has 2 fully saturated rings. The van der Waals surface area contributed by atoms with Gasteiger partial charge in [0.2, 0.25) is 5.91 Å². The van der Waals surface area contributed by atoms with E-state index in [4.69, 9.17) is 5.73 Å². The highest BCUT2D eigenvalue weighted by Gasteiger charge is 2.39. The second-order valence-electron chi connectivity index (χ2n) is 3.99. The Bertz CT molecular complexity index is 271. The lowest BCUT2D eigenvalue weighted by Crippen LogP contribution is -2.40. The Morgan fingerprint density at radius 2 is 2.29 bits per heavy atom. The molecule has 1 aliphatic heterocycles. The van der Waals surface area contributed by atoms with Crippen molar-refractivity contribution in [3.63, 3.8) is 0 Å². The summed E-state index contributed by atoms with van der Waals surface area (Å²) in [6.45, 7) is 0.103. The normalized spacial score (nSPS) is 27.0. The Morgan fingerprint density at radius 3 is 2.93 bits per heavy atom. The molecular formula is C9H15N3OS. The molecule has 0 aromatic heterocycles. The topological polar surface area (TPSA) is 67.5 Å². The van der Waals surface area contributed by atoms with Crippen LogP contribution in [0.25, 0.3) is 0 Å². The number of thioether (sulfide) groups is 1. The molecule has 0 aromatic carbocycles. The standard InChI is InChI=1S/C9H15N3OS/c10-7(13)5-11-8-12-9(6-14-8)3-1-2-4-9/h1-6H2,(H2,10,13)(H,11,12). The number of rotatable bonds is 2. The maximum Gasteiger partial charge on any atom is 0.239 e. The van der Waals surface area contributed by atoms with Gasteiger partial charge < -0.3 is 11.1 Å². The predicted molar refractivity (Wildman–Crippen MR) is 58.3 cm³/mol. The minimum atomic E-state index is -0.368. The number of amidine groups is 1. The zero-order valence-corrected chi connectivity index (χ0v) is 8.90. The molecule has 1 amide bonds. The van der Waals surface area contributed by atoms with Gasteiger partial charge in [0.25, 0.3) is 0 Å². The molecule has 0 radical (unpaired) electrons. The van der Waals surface area contributed by atoms with Gasteiger partial charge in [-0.2, -0.15) is 0 Å². The second kappa shape index (κ2) is 3.81. The van der Waals surface area contributed by atoms with Crippen LogP contribution in [0, 0.1) is 0 Å². The van der Waals surface area contributed by atoms with Gasteiger partial charge in [0.15, 0.2) is 5.17 Å². The van der Waals surface area contributed by atoms with Gasteiger partial charge in [-0.3, -0.25) is 9.79 Å². The quantitative estimate of drug-likeness (QED) is 0.701. The average molecular weight is 213 g/mol. The van der Waals surface area contributed by atoms with Crippen molar-refractivity contribution in [3.8, 4) is 0 Å². The van der Waals surface area contributed by atoms with Crippen LogP contribution in [0.4, 0.5) is 0 Å². The van der Waals surface area contributed by atoms with Crippen LogP contribution < -0.4 is 11.1 Å². The SMILES string of the molecule is NC(=O)CN=C1NC2(CCCC2)CS1. The highest BCUT2D eigenvalue weighted by molar-refractivity contribution is 8.14. The summed E-state index contributed by atoms with van der Waals surface area (Å²) in [5, 5.41) is 4.32. The monoisotopic (exact) mass is 213 g/mol. The van der Waals surface area contributed by atoms with E-state index in [-0.39, 0.29) is 18.0 Å². The fourth-order valence-electron chi connectivity index (χ4n) is 2.06. The van der Waals surface area contributed by atoms with Crippen molar-refractivity contribution < 1.29 is 4.79 Å². The number of nitrogens with one attached hydrogen (secondary N) is 1. The van der Waals surface area contributed by atoms with Crippen molar-refractivity contribution in [2.75, 3.05) is 12.3 Å². The molecule has 78 valence electrons. The first-order valence-electron chi connectivity index (χ1n) is 4.94. The summed E-state index contributed by atoms with van der Waals surface area (Å²) < 4.78 is 0. The van der Waals surface area contributed by atoms with E-state index >= 15 is 0 Å². The smallest absolute Gasteiger partial charge is 0.239 e. The summed E-state index contributed by atoms with van der Waals surface area (Å²) >= 11 is 1.71. The molecule has 2 aliphatic rings. The summed E-state index contributed by atoms with van der Waals surface area (Å²) in [7, 11) is 0. The molecule has 3 N–H and O–H groups in total. The van der Waals surface area contributed by atoms with Crippen molar-refractivity contribution in [2.45, 2.75) is 31.2 Å². The summed E-state index contributed by atoms with van der Waals surface area (Å²) in [4.78, 5) is 14.7. The van der Waals surface area contributed by atoms with Crippen LogP contribution in [0.3, 0.4) is 0 Å². The number of hydrogen-bond acceptors (Lipinski definition) is 3. The minimum Gasteiger partial charge on any atom is -0.368 e. The number of amides is 1. The van der Waals surface area contributed by atoms with Crippen molar-refractivity contribution in [1.29, 1.82) is 0 Å². The molecular weight excluding hydrogens is 198 g/mol. The lowest BCUT2D eigenvalue weighted by atomic mass is 10.0. The van der Waals surface area contributed by atoms with E-state index in [0.29, 0.717) is 0 Å². The Kier molecular flexibility index (Phi) is 2.67. The van der Waals surface area contributed by atoms with Crippen LogP contribution in [0.5, 0.6) is 0 Å². The fourth-order valence-corrected chi connectivity index (χ4v) is 3.28. The van der Waals surface area contributed by atoms with Crippen molar-refractivity contribution in [1.82, 2.24) is 5.32 Å². The average Bonchev–Trinajstić information content (AvgIpc) is 2.74. The van der Waals surface area contributed by atoms with Crippen molar-refractivity contribution >= 4 is 22.8 Å². The molecule has 14 heavy (non-hydrogen) atoms. The van der Waals surface area contributed by atoms with Crippen LogP contribution in [0.15, 0.2) is 4.99 Å². The van der Waals surface area contributed by atoms with E-state index in [2.05, 4.69) is 10.3 Å². The largest absolute Gasteiger partial charge is 0.368 e. The van der Waals surface area contributed by atoms with E-state index in [0.717, 1.165) is 10.9 Å². The van der Waals surface area contributed by atoms with Crippen LogP contribution in [0.1, 0.15) is 25.7 Å². The lowest BCUT2D eigenvalue weighted by Gasteiger charge is -2.21. The highest BCUT2D eigenvalue weighted by Crippen LogP contribution is 2.37. The molecule has 0 bridgehead atoms. The maximum atomic E-state index is 10.5. The molecule has 1 spiro atoms. The first-order valence-corrected chi connectivity index (χ1v) is 5.93. The van der Waals surface area contributed by atoms with Crippen LogP contribution in [0.2, 0.25) is 0 Å². The molecule has 4 nitrogen and oxygen atoms in total. The Hall–Kier alpha value is -0.710. The van der Waals surface area contributed by atoms with Crippen LogP contribution >= 0.6 is 11.8 Å². The van der Waals surface area contributed by atoms with E-state index in [1.54, 1.807) is 11.8 Å². The number of aliphatic imine (C=N–C) groups is 1. The molecule has 0 aromatic rings. The number of hydrogen-bond donors (Lipinski definition) is 2. The van der Waals surface area contributed by atoms with E-state index in [1.165, 1.54) is 25.7 Å². The van der Waals surface area contributed by atoms with E-state index in [9.17, 15) is 4.79 Å². The van der Waals surface area contributed by atoms with Crippen LogP contribution in [-0.4, -0.2) is 28.9 Å². The molecule has 2 rings (SSSR count). The summed E-state index contributed by atoms with van der Waals surface area (Å²) in [6, 6.07) is 0. The maximum absolute atomic E-state index is 10.5. The molecule has 5 heteroatoms. The number of nitrogens with zero attached hydrogens (tertiary/aromatic N) is 1. The molecule has 1 heterocycles. The fraction of sp³-hybridized carbons (Fsp3) is 0.778. The van der Waals surface area contributed by atoms with Gasteiger partial charge in [0, 0.05) is 11.3 Å². The van der Waals surface area contributed by atoms with Gasteiger partial charge >= 0.3 is 0 Å². The zero-order chi connectivity index (χ0) is 10.0. The lowest BCUT2D eigenvalue weighted by molar-refractivity contribution is -0.116. The predicted octanol–water partition coefficient (Wildman–Crippen LogP) is 0.477. The third-order valence-corrected chi connectivity index (χ3v) is 4.00. The Labute approximate surface area is 87.7 Å². The number of primary amides is 1. The van der Waals surface area contributed by atoms with Crippen molar-refractivity contribution in [2.24, 2.45) is 10.7 Å².